The molecule has 0 heterocycles. The first-order valence-corrected chi connectivity index (χ1v) is 10.8. The van der Waals surface area contributed by atoms with Gasteiger partial charge in [-0.1, -0.05) is 84.9 Å². The highest BCUT2D eigenvalue weighted by molar-refractivity contribution is 5.80. The van der Waals surface area contributed by atoms with E-state index in [1.165, 1.54) is 11.1 Å². The van der Waals surface area contributed by atoms with Crippen molar-refractivity contribution in [2.24, 2.45) is 4.99 Å². The molecule has 0 saturated heterocycles. The molecule has 0 amide bonds. The predicted octanol–water partition coefficient (Wildman–Crippen LogP) is 6.68. The van der Waals surface area contributed by atoms with Crippen molar-refractivity contribution in [3.8, 4) is 11.5 Å². The zero-order chi connectivity index (χ0) is 22.0. The van der Waals surface area contributed by atoms with E-state index in [1.54, 1.807) is 7.11 Å². The smallest absolute Gasteiger partial charge is 0.120 e. The lowest BCUT2D eigenvalue weighted by molar-refractivity contribution is 0.306. The number of rotatable bonds is 9. The molecule has 1 atom stereocenters. The van der Waals surface area contributed by atoms with Crippen LogP contribution in [-0.4, -0.2) is 13.3 Å². The lowest BCUT2D eigenvalue weighted by Crippen LogP contribution is -2.02. The molecule has 0 N–H and O–H groups in total. The molecule has 0 aliphatic heterocycles. The van der Waals surface area contributed by atoms with Gasteiger partial charge in [0.2, 0.25) is 0 Å². The van der Waals surface area contributed by atoms with Gasteiger partial charge in [-0.2, -0.15) is 0 Å². The standard InChI is InChI=1S/C29H27NO2/c1-31-27-16-8-12-24(18-27)20-29(26-14-6-3-7-15-26)30-21-25-13-9-17-28(19-25)32-22-23-10-4-2-5-11-23/h2-19,21,29H,20,22H2,1H3/b30-21-. The zero-order valence-electron chi connectivity index (χ0n) is 18.2. The molecular formula is C29H27NO2. The van der Waals surface area contributed by atoms with Gasteiger partial charge >= 0.3 is 0 Å². The fourth-order valence-corrected chi connectivity index (χ4v) is 3.56. The lowest BCUT2D eigenvalue weighted by Gasteiger charge is -2.14. The first-order valence-electron chi connectivity index (χ1n) is 10.8. The van der Waals surface area contributed by atoms with Gasteiger partial charge in [0, 0.05) is 6.21 Å². The number of aliphatic imine (C=N–C) groups is 1. The SMILES string of the molecule is COc1cccc(CC(/N=C\c2cccc(OCc3ccccc3)c2)c2ccccc2)c1. The van der Waals surface area contributed by atoms with Crippen molar-refractivity contribution < 1.29 is 9.47 Å². The Balaban J connectivity index is 1.50. The molecule has 3 heteroatoms. The summed E-state index contributed by atoms with van der Waals surface area (Å²) in [6.45, 7) is 0.546. The minimum Gasteiger partial charge on any atom is -0.497 e. The Hall–Kier alpha value is -3.85. The summed E-state index contributed by atoms with van der Waals surface area (Å²) in [5, 5.41) is 0. The highest BCUT2D eigenvalue weighted by atomic mass is 16.5. The summed E-state index contributed by atoms with van der Waals surface area (Å²) in [7, 11) is 1.69. The molecule has 1 unspecified atom stereocenters. The number of ether oxygens (including phenoxy) is 2. The molecule has 0 bridgehead atoms. The van der Waals surface area contributed by atoms with Gasteiger partial charge in [0.15, 0.2) is 0 Å². The molecule has 0 aliphatic rings. The maximum absolute atomic E-state index is 5.97. The summed E-state index contributed by atoms with van der Waals surface area (Å²) in [4.78, 5) is 4.95. The van der Waals surface area contributed by atoms with E-state index in [0.717, 1.165) is 29.0 Å². The van der Waals surface area contributed by atoms with E-state index in [4.69, 9.17) is 14.5 Å². The average Bonchev–Trinajstić information content (AvgIpc) is 2.87. The van der Waals surface area contributed by atoms with Crippen LogP contribution in [0.2, 0.25) is 0 Å². The number of nitrogens with zero attached hydrogens (tertiary/aromatic N) is 1. The molecule has 4 rings (SSSR count). The second-order valence-corrected chi connectivity index (χ2v) is 7.61. The average molecular weight is 422 g/mol. The molecule has 4 aromatic carbocycles. The van der Waals surface area contributed by atoms with Crippen molar-refractivity contribution in [1.82, 2.24) is 0 Å². The van der Waals surface area contributed by atoms with Crippen molar-refractivity contribution in [3.05, 3.63) is 131 Å². The fourth-order valence-electron chi connectivity index (χ4n) is 3.56. The van der Waals surface area contributed by atoms with Crippen LogP contribution in [0.25, 0.3) is 0 Å². The summed E-state index contributed by atoms with van der Waals surface area (Å²) >= 11 is 0. The van der Waals surface area contributed by atoms with Gasteiger partial charge in [-0.3, -0.25) is 4.99 Å². The van der Waals surface area contributed by atoms with Crippen LogP contribution in [0.5, 0.6) is 11.5 Å². The number of hydrogen-bond acceptors (Lipinski definition) is 3. The minimum atomic E-state index is 0.0113. The normalized spacial score (nSPS) is 11.9. The van der Waals surface area contributed by atoms with Crippen LogP contribution in [0.1, 0.15) is 28.3 Å². The van der Waals surface area contributed by atoms with Crippen molar-refractivity contribution in [3.63, 3.8) is 0 Å². The molecule has 0 fully saturated rings. The molecule has 0 radical (unpaired) electrons. The van der Waals surface area contributed by atoms with Gasteiger partial charge in [-0.25, -0.2) is 0 Å². The Kier molecular flexibility index (Phi) is 7.33. The number of methoxy groups -OCH3 is 1. The van der Waals surface area contributed by atoms with Gasteiger partial charge in [-0.05, 0) is 52.9 Å². The Labute approximate surface area is 190 Å². The Morgan fingerprint density at radius 2 is 1.41 bits per heavy atom. The third-order valence-corrected chi connectivity index (χ3v) is 5.26. The monoisotopic (exact) mass is 421 g/mol. The molecule has 0 spiro atoms. The fraction of sp³-hybridized carbons (Fsp3) is 0.138. The van der Waals surface area contributed by atoms with E-state index in [0.29, 0.717) is 6.61 Å². The van der Waals surface area contributed by atoms with Gasteiger partial charge in [0.05, 0.1) is 13.2 Å². The molecule has 0 saturated carbocycles. The van der Waals surface area contributed by atoms with E-state index in [-0.39, 0.29) is 6.04 Å². The second kappa shape index (κ2) is 11.0. The van der Waals surface area contributed by atoms with Gasteiger partial charge in [0.1, 0.15) is 18.1 Å². The first kappa shape index (κ1) is 21.4. The van der Waals surface area contributed by atoms with Crippen LogP contribution in [0.3, 0.4) is 0 Å². The van der Waals surface area contributed by atoms with Crippen molar-refractivity contribution in [2.45, 2.75) is 19.1 Å². The van der Waals surface area contributed by atoms with Crippen LogP contribution < -0.4 is 9.47 Å². The summed E-state index contributed by atoms with van der Waals surface area (Å²) in [5.41, 5.74) is 4.54. The van der Waals surface area contributed by atoms with Crippen LogP contribution in [0, 0.1) is 0 Å². The first-order chi connectivity index (χ1) is 15.8. The Morgan fingerprint density at radius 3 is 2.19 bits per heavy atom. The van der Waals surface area contributed by atoms with Crippen molar-refractivity contribution >= 4 is 6.21 Å². The van der Waals surface area contributed by atoms with Crippen molar-refractivity contribution in [2.75, 3.05) is 7.11 Å². The molecule has 0 aliphatic carbocycles. The minimum absolute atomic E-state index is 0.0113. The lowest BCUT2D eigenvalue weighted by atomic mass is 9.99. The topological polar surface area (TPSA) is 30.8 Å². The Morgan fingerprint density at radius 1 is 0.719 bits per heavy atom. The maximum atomic E-state index is 5.97. The number of benzene rings is 4. The quantitative estimate of drug-likeness (QED) is 0.282. The van der Waals surface area contributed by atoms with E-state index < -0.39 is 0 Å². The predicted molar refractivity (Wildman–Crippen MR) is 131 cm³/mol. The highest BCUT2D eigenvalue weighted by Crippen LogP contribution is 2.25. The van der Waals surface area contributed by atoms with Gasteiger partial charge in [-0.15, -0.1) is 0 Å². The van der Waals surface area contributed by atoms with Crippen LogP contribution in [0.15, 0.2) is 114 Å². The van der Waals surface area contributed by atoms with Crippen LogP contribution >= 0.6 is 0 Å². The molecule has 0 aromatic heterocycles. The number of hydrogen-bond donors (Lipinski definition) is 0. The highest BCUT2D eigenvalue weighted by Gasteiger charge is 2.11. The van der Waals surface area contributed by atoms with Gasteiger partial charge < -0.3 is 9.47 Å². The maximum Gasteiger partial charge on any atom is 0.120 e. The van der Waals surface area contributed by atoms with E-state index in [2.05, 4.69) is 48.5 Å². The molecule has 32 heavy (non-hydrogen) atoms. The van der Waals surface area contributed by atoms with Crippen molar-refractivity contribution in [1.29, 1.82) is 0 Å². The molecule has 4 aromatic rings. The third-order valence-electron chi connectivity index (χ3n) is 5.26. The zero-order valence-corrected chi connectivity index (χ0v) is 18.2. The molecule has 160 valence electrons. The van der Waals surface area contributed by atoms with E-state index in [1.807, 2.05) is 66.9 Å². The molecular weight excluding hydrogens is 394 g/mol. The summed E-state index contributed by atoms with van der Waals surface area (Å²) in [6.07, 6.45) is 2.73. The summed E-state index contributed by atoms with van der Waals surface area (Å²) < 4.78 is 11.4. The summed E-state index contributed by atoms with van der Waals surface area (Å²) in [6, 6.07) is 36.8. The second-order valence-electron chi connectivity index (χ2n) is 7.61. The van der Waals surface area contributed by atoms with E-state index >= 15 is 0 Å². The van der Waals surface area contributed by atoms with Crippen LogP contribution in [-0.2, 0) is 13.0 Å². The Bertz CT molecular complexity index is 1140. The third kappa shape index (κ3) is 6.08. The van der Waals surface area contributed by atoms with E-state index in [9.17, 15) is 0 Å². The van der Waals surface area contributed by atoms with Gasteiger partial charge in [0.25, 0.3) is 0 Å². The summed E-state index contributed by atoms with van der Waals surface area (Å²) in [5.74, 6) is 1.70. The van der Waals surface area contributed by atoms with Crippen LogP contribution in [0.4, 0.5) is 0 Å². The largest absolute Gasteiger partial charge is 0.497 e. The molecule has 3 nitrogen and oxygen atoms in total.